The highest BCUT2D eigenvalue weighted by Gasteiger charge is 2.43. The summed E-state index contributed by atoms with van der Waals surface area (Å²) in [6.45, 7) is 2.84. The molecule has 116 valence electrons. The number of nitrogens with zero attached hydrogens (tertiary/aromatic N) is 1. The van der Waals surface area contributed by atoms with Gasteiger partial charge in [-0.3, -0.25) is 10.1 Å². The van der Waals surface area contributed by atoms with Crippen LogP contribution in [0.2, 0.25) is 0 Å². The van der Waals surface area contributed by atoms with Crippen LogP contribution in [0.5, 0.6) is 0 Å². The van der Waals surface area contributed by atoms with Crippen LogP contribution in [0, 0.1) is 5.92 Å². The molecule has 4 nitrogen and oxygen atoms in total. The van der Waals surface area contributed by atoms with E-state index >= 15 is 0 Å². The zero-order valence-corrected chi connectivity index (χ0v) is 11.7. The van der Waals surface area contributed by atoms with Gasteiger partial charge < -0.3 is 10.6 Å². The zero-order valence-electron chi connectivity index (χ0n) is 11.7. The molecule has 2 aliphatic rings. The molecule has 1 saturated carbocycles. The van der Waals surface area contributed by atoms with Crippen LogP contribution in [-0.4, -0.2) is 48.2 Å². The first-order valence-electron chi connectivity index (χ1n) is 7.07. The first-order valence-corrected chi connectivity index (χ1v) is 7.07. The Morgan fingerprint density at radius 2 is 1.80 bits per heavy atom. The second-order valence-electron chi connectivity index (χ2n) is 6.21. The molecule has 7 heteroatoms. The minimum Gasteiger partial charge on any atom is -0.368 e. The van der Waals surface area contributed by atoms with Gasteiger partial charge in [-0.2, -0.15) is 13.2 Å². The summed E-state index contributed by atoms with van der Waals surface area (Å²) >= 11 is 0. The van der Waals surface area contributed by atoms with Gasteiger partial charge in [0, 0.05) is 12.6 Å². The first-order chi connectivity index (χ1) is 9.21. The van der Waals surface area contributed by atoms with Gasteiger partial charge in [0.2, 0.25) is 5.91 Å². The van der Waals surface area contributed by atoms with Crippen LogP contribution in [-0.2, 0) is 4.79 Å². The van der Waals surface area contributed by atoms with Crippen molar-refractivity contribution in [1.29, 1.82) is 0 Å². The van der Waals surface area contributed by atoms with E-state index in [0.29, 0.717) is 25.7 Å². The number of primary amides is 1. The maximum absolute atomic E-state index is 12.6. The summed E-state index contributed by atoms with van der Waals surface area (Å²) < 4.78 is 37.8. The summed E-state index contributed by atoms with van der Waals surface area (Å²) in [6, 6.07) is 0.320. The minimum absolute atomic E-state index is 0.0990. The van der Waals surface area contributed by atoms with Crippen LogP contribution in [0.15, 0.2) is 0 Å². The number of hydrogen-bond acceptors (Lipinski definition) is 3. The van der Waals surface area contributed by atoms with Crippen molar-refractivity contribution in [2.75, 3.05) is 19.6 Å². The summed E-state index contributed by atoms with van der Waals surface area (Å²) in [5.41, 5.74) is 4.60. The first kappa shape index (κ1) is 15.6. The maximum atomic E-state index is 12.6. The summed E-state index contributed by atoms with van der Waals surface area (Å²) in [5.74, 6) is -1.66. The van der Waals surface area contributed by atoms with Gasteiger partial charge in [-0.25, -0.2) is 0 Å². The van der Waals surface area contributed by atoms with Crippen molar-refractivity contribution >= 4 is 5.91 Å². The zero-order chi connectivity index (χ0) is 15.0. The molecule has 1 aliphatic carbocycles. The van der Waals surface area contributed by atoms with Crippen LogP contribution in [0.1, 0.15) is 32.6 Å². The average molecular weight is 293 g/mol. The van der Waals surface area contributed by atoms with Gasteiger partial charge in [-0.15, -0.1) is 0 Å². The standard InChI is InChI=1S/C13H22F3N3O/c1-12(11(17)20,18-10-2-3-10)8-19-6-4-9(5-7-19)13(14,15)16/h9-10,18H,2-8H2,1H3,(H2,17,20). The Hall–Kier alpha value is -0.820. The number of nitrogens with one attached hydrogen (secondary N) is 1. The van der Waals surface area contributed by atoms with Crippen molar-refractivity contribution < 1.29 is 18.0 Å². The number of halogens is 3. The molecule has 20 heavy (non-hydrogen) atoms. The summed E-state index contributed by atoms with van der Waals surface area (Å²) in [6.07, 6.45) is -1.85. The number of carbonyl (C=O) groups is 1. The van der Waals surface area contributed by atoms with Gasteiger partial charge >= 0.3 is 6.18 Å². The normalized spacial score (nSPS) is 25.4. The van der Waals surface area contributed by atoms with Crippen molar-refractivity contribution in [2.24, 2.45) is 11.7 Å². The van der Waals surface area contributed by atoms with Gasteiger partial charge in [0.25, 0.3) is 0 Å². The minimum atomic E-state index is -4.11. The van der Waals surface area contributed by atoms with Crippen LogP contribution in [0.4, 0.5) is 13.2 Å². The SMILES string of the molecule is CC(CN1CCC(C(F)(F)F)CC1)(NC1CC1)C(N)=O. The third-order valence-corrected chi connectivity index (χ3v) is 4.23. The molecule has 0 spiro atoms. The van der Waals surface area contributed by atoms with Gasteiger partial charge in [-0.1, -0.05) is 0 Å². The Kier molecular flexibility index (Phi) is 4.30. The number of amides is 1. The highest BCUT2D eigenvalue weighted by Crippen LogP contribution is 2.34. The van der Waals surface area contributed by atoms with Gasteiger partial charge in [0.15, 0.2) is 0 Å². The Labute approximate surface area is 116 Å². The highest BCUT2D eigenvalue weighted by molar-refractivity contribution is 5.84. The average Bonchev–Trinajstić information content (AvgIpc) is 3.12. The van der Waals surface area contributed by atoms with Crippen molar-refractivity contribution in [1.82, 2.24) is 10.2 Å². The quantitative estimate of drug-likeness (QED) is 0.802. The van der Waals surface area contributed by atoms with Crippen molar-refractivity contribution in [3.8, 4) is 0 Å². The number of alkyl halides is 3. The lowest BCUT2D eigenvalue weighted by atomic mass is 9.93. The number of likely N-dealkylation sites (tertiary alicyclic amines) is 1. The number of nitrogens with two attached hydrogens (primary N) is 1. The fourth-order valence-corrected chi connectivity index (χ4v) is 2.74. The monoisotopic (exact) mass is 293 g/mol. The van der Waals surface area contributed by atoms with Crippen molar-refractivity contribution in [3.05, 3.63) is 0 Å². The molecular formula is C13H22F3N3O. The second kappa shape index (κ2) is 5.52. The van der Waals surface area contributed by atoms with E-state index in [9.17, 15) is 18.0 Å². The molecule has 1 amide bonds. The molecule has 2 rings (SSSR count). The Bertz CT molecular complexity index is 362. The van der Waals surface area contributed by atoms with Crippen LogP contribution < -0.4 is 11.1 Å². The molecule has 0 bridgehead atoms. The molecule has 1 atom stereocenters. The molecule has 3 N–H and O–H groups in total. The van der Waals surface area contributed by atoms with Crippen LogP contribution >= 0.6 is 0 Å². The molecular weight excluding hydrogens is 271 g/mol. The lowest BCUT2D eigenvalue weighted by Crippen LogP contribution is -2.61. The highest BCUT2D eigenvalue weighted by atomic mass is 19.4. The van der Waals surface area contributed by atoms with E-state index in [-0.39, 0.29) is 12.8 Å². The topological polar surface area (TPSA) is 58.4 Å². The van der Waals surface area contributed by atoms with E-state index in [1.165, 1.54) is 0 Å². The van der Waals surface area contributed by atoms with E-state index in [2.05, 4.69) is 5.32 Å². The molecule has 0 aromatic rings. The van der Waals surface area contributed by atoms with Crippen LogP contribution in [0.3, 0.4) is 0 Å². The fraction of sp³-hybridized carbons (Fsp3) is 0.923. The van der Waals surface area contributed by atoms with E-state index in [1.807, 2.05) is 4.90 Å². The number of hydrogen-bond donors (Lipinski definition) is 2. The molecule has 0 radical (unpaired) electrons. The summed E-state index contributed by atoms with van der Waals surface area (Å²) in [7, 11) is 0. The molecule has 1 heterocycles. The van der Waals surface area contributed by atoms with Gasteiger partial charge in [0.05, 0.1) is 5.92 Å². The molecule has 1 saturated heterocycles. The summed E-state index contributed by atoms with van der Waals surface area (Å²) in [5, 5.41) is 3.22. The third kappa shape index (κ3) is 3.85. The van der Waals surface area contributed by atoms with Gasteiger partial charge in [0.1, 0.15) is 5.54 Å². The molecule has 1 unspecified atom stereocenters. The number of carbonyl (C=O) groups excluding carboxylic acids is 1. The summed E-state index contributed by atoms with van der Waals surface area (Å²) in [4.78, 5) is 13.5. The van der Waals surface area contributed by atoms with E-state index in [0.717, 1.165) is 12.8 Å². The van der Waals surface area contributed by atoms with Crippen LogP contribution in [0.25, 0.3) is 0 Å². The Morgan fingerprint density at radius 1 is 1.25 bits per heavy atom. The predicted molar refractivity (Wildman–Crippen MR) is 69.0 cm³/mol. The smallest absolute Gasteiger partial charge is 0.368 e. The molecule has 0 aromatic carbocycles. The largest absolute Gasteiger partial charge is 0.391 e. The van der Waals surface area contributed by atoms with E-state index in [1.54, 1.807) is 6.92 Å². The van der Waals surface area contributed by atoms with E-state index < -0.39 is 23.5 Å². The molecule has 2 fully saturated rings. The third-order valence-electron chi connectivity index (χ3n) is 4.23. The lowest BCUT2D eigenvalue weighted by molar-refractivity contribution is -0.185. The van der Waals surface area contributed by atoms with Crippen molar-refractivity contribution in [3.63, 3.8) is 0 Å². The molecule has 0 aromatic heterocycles. The van der Waals surface area contributed by atoms with Crippen molar-refractivity contribution in [2.45, 2.75) is 50.4 Å². The van der Waals surface area contributed by atoms with Gasteiger partial charge in [-0.05, 0) is 45.7 Å². The predicted octanol–water partition coefficient (Wildman–Crippen LogP) is 1.26. The number of piperidine rings is 1. The molecule has 1 aliphatic heterocycles. The lowest BCUT2D eigenvalue weighted by Gasteiger charge is -2.38. The second-order valence-corrected chi connectivity index (χ2v) is 6.21. The Balaban J connectivity index is 1.88. The number of rotatable bonds is 5. The maximum Gasteiger partial charge on any atom is 0.391 e. The Morgan fingerprint density at radius 3 is 2.20 bits per heavy atom. The fourth-order valence-electron chi connectivity index (χ4n) is 2.74. The van der Waals surface area contributed by atoms with E-state index in [4.69, 9.17) is 5.73 Å².